The Morgan fingerprint density at radius 2 is 1.91 bits per heavy atom. The van der Waals surface area contributed by atoms with Gasteiger partial charge >= 0.3 is 12.1 Å². The highest BCUT2D eigenvalue weighted by Crippen LogP contribution is 2.13. The number of nitrogens with one attached hydrogen (secondary N) is 1. The highest BCUT2D eigenvalue weighted by atomic mass is 16.5. The smallest absolute Gasteiger partial charge is 0.407 e. The summed E-state index contributed by atoms with van der Waals surface area (Å²) in [4.78, 5) is 22.8. The molecule has 122 valence electrons. The standard InChI is InChI=1S/C16H23NO5/c1-3-5-10-22-16(20)17-14(15(18)19)11-12-6-8-13(9-7-12)21-4-2/h6-9,14H,3-5,10-11H2,1-2H3,(H,17,20)(H,18,19)/t14-/m1/s1. The van der Waals surface area contributed by atoms with Crippen molar-refractivity contribution in [3.05, 3.63) is 29.8 Å². The van der Waals surface area contributed by atoms with Crippen molar-refractivity contribution in [2.75, 3.05) is 13.2 Å². The normalized spacial score (nSPS) is 11.5. The highest BCUT2D eigenvalue weighted by molar-refractivity contribution is 5.80. The summed E-state index contributed by atoms with van der Waals surface area (Å²) in [6, 6.07) is 6.09. The predicted molar refractivity (Wildman–Crippen MR) is 82.1 cm³/mol. The van der Waals surface area contributed by atoms with E-state index in [0.29, 0.717) is 6.61 Å². The summed E-state index contributed by atoms with van der Waals surface area (Å²) >= 11 is 0. The van der Waals surface area contributed by atoms with Crippen molar-refractivity contribution in [1.29, 1.82) is 0 Å². The summed E-state index contributed by atoms with van der Waals surface area (Å²) in [5.41, 5.74) is 0.796. The monoisotopic (exact) mass is 309 g/mol. The van der Waals surface area contributed by atoms with E-state index in [0.717, 1.165) is 24.2 Å². The third kappa shape index (κ3) is 6.47. The fourth-order valence-corrected chi connectivity index (χ4v) is 1.82. The molecule has 0 fully saturated rings. The molecule has 1 amide bonds. The average molecular weight is 309 g/mol. The molecular weight excluding hydrogens is 286 g/mol. The van der Waals surface area contributed by atoms with Crippen molar-refractivity contribution in [2.24, 2.45) is 0 Å². The van der Waals surface area contributed by atoms with Gasteiger partial charge in [-0.15, -0.1) is 0 Å². The van der Waals surface area contributed by atoms with E-state index >= 15 is 0 Å². The van der Waals surface area contributed by atoms with Crippen LogP contribution in [0.25, 0.3) is 0 Å². The first-order chi connectivity index (χ1) is 10.6. The van der Waals surface area contributed by atoms with Crippen molar-refractivity contribution in [2.45, 2.75) is 39.2 Å². The van der Waals surface area contributed by atoms with Crippen LogP contribution in [-0.2, 0) is 16.0 Å². The Labute approximate surface area is 130 Å². The summed E-state index contributed by atoms with van der Waals surface area (Å²) in [5, 5.41) is 11.6. The van der Waals surface area contributed by atoms with Crippen molar-refractivity contribution in [3.8, 4) is 5.75 Å². The summed E-state index contributed by atoms with van der Waals surface area (Å²) in [6.45, 7) is 4.73. The number of ether oxygens (including phenoxy) is 2. The fourth-order valence-electron chi connectivity index (χ4n) is 1.82. The molecule has 0 heterocycles. The average Bonchev–Trinajstić information content (AvgIpc) is 2.49. The van der Waals surface area contributed by atoms with Crippen molar-refractivity contribution in [1.82, 2.24) is 5.32 Å². The zero-order chi connectivity index (χ0) is 16.4. The molecule has 0 unspecified atom stereocenters. The number of carboxylic acid groups (broad SMARTS) is 1. The molecule has 0 saturated carbocycles. The molecule has 1 rings (SSSR count). The lowest BCUT2D eigenvalue weighted by molar-refractivity contribution is -0.139. The lowest BCUT2D eigenvalue weighted by Gasteiger charge is -2.15. The molecule has 0 aliphatic carbocycles. The van der Waals surface area contributed by atoms with Gasteiger partial charge in [-0.1, -0.05) is 25.5 Å². The number of alkyl carbamates (subject to hydrolysis) is 1. The maximum Gasteiger partial charge on any atom is 0.407 e. The molecule has 0 spiro atoms. The number of carbonyl (C=O) groups excluding carboxylic acids is 1. The molecule has 1 aromatic rings. The quantitative estimate of drug-likeness (QED) is 0.685. The molecule has 2 N–H and O–H groups in total. The molecule has 0 aliphatic rings. The van der Waals surface area contributed by atoms with Gasteiger partial charge in [-0.05, 0) is 31.0 Å². The number of carbonyl (C=O) groups is 2. The Kier molecular flexibility index (Phi) is 7.81. The summed E-state index contributed by atoms with van der Waals surface area (Å²) in [7, 11) is 0. The first-order valence-electron chi connectivity index (χ1n) is 7.44. The van der Waals surface area contributed by atoms with Crippen molar-refractivity contribution >= 4 is 12.1 Å². The van der Waals surface area contributed by atoms with Crippen LogP contribution in [0.3, 0.4) is 0 Å². The molecule has 0 aromatic heterocycles. The molecule has 0 bridgehead atoms. The minimum absolute atomic E-state index is 0.185. The van der Waals surface area contributed by atoms with Gasteiger partial charge in [-0.3, -0.25) is 0 Å². The second kappa shape index (κ2) is 9.65. The number of benzene rings is 1. The molecule has 1 aromatic carbocycles. The van der Waals surface area contributed by atoms with Crippen LogP contribution in [0, 0.1) is 0 Å². The van der Waals surface area contributed by atoms with E-state index in [-0.39, 0.29) is 13.0 Å². The van der Waals surface area contributed by atoms with E-state index in [2.05, 4.69) is 5.32 Å². The maximum atomic E-state index is 11.5. The van der Waals surface area contributed by atoms with Gasteiger partial charge < -0.3 is 19.9 Å². The van der Waals surface area contributed by atoms with E-state index in [1.54, 1.807) is 24.3 Å². The first-order valence-corrected chi connectivity index (χ1v) is 7.44. The zero-order valence-electron chi connectivity index (χ0n) is 13.0. The molecular formula is C16H23NO5. The molecule has 0 saturated heterocycles. The minimum Gasteiger partial charge on any atom is -0.494 e. The largest absolute Gasteiger partial charge is 0.494 e. The van der Waals surface area contributed by atoms with Crippen LogP contribution in [0.2, 0.25) is 0 Å². The SMILES string of the molecule is CCCCOC(=O)N[C@H](Cc1ccc(OCC)cc1)C(=O)O. The van der Waals surface area contributed by atoms with Gasteiger partial charge in [0, 0.05) is 6.42 Å². The first kappa shape index (κ1) is 17.8. The Hall–Kier alpha value is -2.24. The van der Waals surface area contributed by atoms with Crippen LogP contribution in [0.1, 0.15) is 32.3 Å². The second-order valence-electron chi connectivity index (χ2n) is 4.81. The Morgan fingerprint density at radius 3 is 2.45 bits per heavy atom. The van der Waals surface area contributed by atoms with Crippen LogP contribution in [0.5, 0.6) is 5.75 Å². The highest BCUT2D eigenvalue weighted by Gasteiger charge is 2.21. The lowest BCUT2D eigenvalue weighted by atomic mass is 10.1. The van der Waals surface area contributed by atoms with Crippen molar-refractivity contribution in [3.63, 3.8) is 0 Å². The number of hydrogen-bond acceptors (Lipinski definition) is 4. The van der Waals surface area contributed by atoms with E-state index in [9.17, 15) is 14.7 Å². The Bertz CT molecular complexity index is 472. The molecule has 0 radical (unpaired) electrons. The zero-order valence-corrected chi connectivity index (χ0v) is 13.0. The van der Waals surface area contributed by atoms with E-state index in [1.807, 2.05) is 13.8 Å². The third-order valence-corrected chi connectivity index (χ3v) is 3.00. The van der Waals surface area contributed by atoms with Crippen LogP contribution in [0.15, 0.2) is 24.3 Å². The molecule has 0 aliphatic heterocycles. The summed E-state index contributed by atoms with van der Waals surface area (Å²) in [5.74, 6) is -0.369. The van der Waals surface area contributed by atoms with Crippen molar-refractivity contribution < 1.29 is 24.2 Å². The molecule has 6 nitrogen and oxygen atoms in total. The number of rotatable bonds is 9. The van der Waals surface area contributed by atoms with E-state index < -0.39 is 18.1 Å². The number of unbranched alkanes of at least 4 members (excludes halogenated alkanes) is 1. The van der Waals surface area contributed by atoms with Crippen LogP contribution >= 0.6 is 0 Å². The van der Waals surface area contributed by atoms with Gasteiger partial charge in [0.1, 0.15) is 11.8 Å². The topological polar surface area (TPSA) is 84.9 Å². The van der Waals surface area contributed by atoms with Gasteiger partial charge in [0.05, 0.1) is 13.2 Å². The lowest BCUT2D eigenvalue weighted by Crippen LogP contribution is -2.42. The Balaban J connectivity index is 2.56. The molecule has 6 heteroatoms. The minimum atomic E-state index is -1.10. The van der Waals surface area contributed by atoms with E-state index in [1.165, 1.54) is 0 Å². The third-order valence-electron chi connectivity index (χ3n) is 3.00. The number of aliphatic carboxylic acids is 1. The second-order valence-corrected chi connectivity index (χ2v) is 4.81. The summed E-state index contributed by atoms with van der Waals surface area (Å²) in [6.07, 6.45) is 1.14. The van der Waals surface area contributed by atoms with Gasteiger partial charge in [-0.2, -0.15) is 0 Å². The molecule has 22 heavy (non-hydrogen) atoms. The van der Waals surface area contributed by atoms with Gasteiger partial charge in [0.2, 0.25) is 0 Å². The molecule has 1 atom stereocenters. The number of amides is 1. The van der Waals surface area contributed by atoms with Crippen LogP contribution in [0.4, 0.5) is 4.79 Å². The van der Waals surface area contributed by atoms with Crippen LogP contribution in [-0.4, -0.2) is 36.4 Å². The van der Waals surface area contributed by atoms with Crippen LogP contribution < -0.4 is 10.1 Å². The van der Waals surface area contributed by atoms with Gasteiger partial charge in [0.15, 0.2) is 0 Å². The van der Waals surface area contributed by atoms with Gasteiger partial charge in [-0.25, -0.2) is 9.59 Å². The predicted octanol–water partition coefficient (Wildman–Crippen LogP) is 2.61. The summed E-state index contributed by atoms with van der Waals surface area (Å²) < 4.78 is 10.2. The maximum absolute atomic E-state index is 11.5. The number of carboxylic acids is 1. The van der Waals surface area contributed by atoms with E-state index in [4.69, 9.17) is 9.47 Å². The Morgan fingerprint density at radius 1 is 1.23 bits per heavy atom. The fraction of sp³-hybridized carbons (Fsp3) is 0.500. The van der Waals surface area contributed by atoms with Gasteiger partial charge in [0.25, 0.3) is 0 Å². The number of hydrogen-bond donors (Lipinski definition) is 2.